The topological polar surface area (TPSA) is 102 Å². The van der Waals surface area contributed by atoms with Crippen molar-refractivity contribution in [2.24, 2.45) is 0 Å². The summed E-state index contributed by atoms with van der Waals surface area (Å²) in [5.41, 5.74) is 0. The fourth-order valence-corrected chi connectivity index (χ4v) is 2.89. The molecule has 0 fully saturated rings. The molecule has 0 atom stereocenters. The molecule has 8 heteroatoms. The van der Waals surface area contributed by atoms with Gasteiger partial charge in [-0.2, -0.15) is 0 Å². The summed E-state index contributed by atoms with van der Waals surface area (Å²) in [6.45, 7) is 7.57. The Morgan fingerprint density at radius 2 is 0.967 bits per heavy atom. The molecule has 7 nitrogen and oxygen atoms in total. The second-order valence-electron chi connectivity index (χ2n) is 7.31. The molecule has 0 bridgehead atoms. The number of carbonyl (C=O) groups excluding carboxylic acids is 2. The molecule has 0 aromatic rings. The number of amides is 4. The van der Waals surface area contributed by atoms with Crippen LogP contribution < -0.4 is 21.3 Å². The SMILES string of the molecule is CCCCCNC(=O)NCCCCCBr.CCCCCNC(=O)NCCCCCO. The van der Waals surface area contributed by atoms with E-state index < -0.39 is 0 Å². The maximum Gasteiger partial charge on any atom is 0.314 e. The fourth-order valence-electron chi connectivity index (χ4n) is 2.49. The van der Waals surface area contributed by atoms with E-state index in [4.69, 9.17) is 5.11 Å². The Hall–Kier alpha value is -1.02. The number of halogens is 1. The number of hydrogen-bond acceptors (Lipinski definition) is 3. The quantitative estimate of drug-likeness (QED) is 0.141. The van der Waals surface area contributed by atoms with Crippen molar-refractivity contribution in [2.75, 3.05) is 38.1 Å². The van der Waals surface area contributed by atoms with Crippen LogP contribution in [0.5, 0.6) is 0 Å². The van der Waals surface area contributed by atoms with Gasteiger partial charge in [-0.25, -0.2) is 9.59 Å². The lowest BCUT2D eigenvalue weighted by molar-refractivity contribution is 0.239. The van der Waals surface area contributed by atoms with Crippen LogP contribution >= 0.6 is 15.9 Å². The normalized spacial score (nSPS) is 10.0. The Morgan fingerprint density at radius 1 is 0.600 bits per heavy atom. The summed E-state index contributed by atoms with van der Waals surface area (Å²) in [7, 11) is 0. The fraction of sp³-hybridized carbons (Fsp3) is 0.909. The molecular weight excluding hydrogens is 448 g/mol. The van der Waals surface area contributed by atoms with Crippen LogP contribution in [0.2, 0.25) is 0 Å². The van der Waals surface area contributed by atoms with E-state index in [1.807, 2.05) is 0 Å². The summed E-state index contributed by atoms with van der Waals surface area (Å²) in [4.78, 5) is 22.4. The average Bonchev–Trinajstić information content (AvgIpc) is 2.74. The summed E-state index contributed by atoms with van der Waals surface area (Å²) >= 11 is 3.38. The number of unbranched alkanes of at least 4 members (excludes halogenated alkanes) is 8. The van der Waals surface area contributed by atoms with Crippen LogP contribution in [0, 0.1) is 0 Å². The van der Waals surface area contributed by atoms with E-state index in [1.165, 1.54) is 32.1 Å². The molecule has 180 valence electrons. The number of rotatable bonds is 18. The lowest BCUT2D eigenvalue weighted by Crippen LogP contribution is -2.36. The van der Waals surface area contributed by atoms with Gasteiger partial charge in [-0.1, -0.05) is 61.9 Å². The van der Waals surface area contributed by atoms with Gasteiger partial charge >= 0.3 is 12.1 Å². The first-order chi connectivity index (χ1) is 14.6. The van der Waals surface area contributed by atoms with Crippen LogP contribution in [0.3, 0.4) is 0 Å². The molecule has 0 aromatic carbocycles. The highest BCUT2D eigenvalue weighted by atomic mass is 79.9. The summed E-state index contributed by atoms with van der Waals surface area (Å²) in [6, 6.07) is -0.0972. The molecule has 0 rings (SSSR count). The highest BCUT2D eigenvalue weighted by Crippen LogP contribution is 1.97. The molecule has 0 spiro atoms. The number of nitrogens with one attached hydrogen (secondary N) is 4. The molecule has 4 amide bonds. The van der Waals surface area contributed by atoms with E-state index >= 15 is 0 Å². The molecular formula is C22H47BrN4O3. The van der Waals surface area contributed by atoms with Gasteiger partial charge in [0.15, 0.2) is 0 Å². The number of hydrogen-bond donors (Lipinski definition) is 5. The Morgan fingerprint density at radius 3 is 1.30 bits per heavy atom. The van der Waals surface area contributed by atoms with Crippen LogP contribution in [0.15, 0.2) is 0 Å². The zero-order valence-corrected chi connectivity index (χ0v) is 21.0. The molecule has 0 heterocycles. The van der Waals surface area contributed by atoms with Crippen molar-refractivity contribution in [1.29, 1.82) is 0 Å². The molecule has 0 aromatic heterocycles. The smallest absolute Gasteiger partial charge is 0.314 e. The van der Waals surface area contributed by atoms with Crippen LogP contribution in [-0.4, -0.2) is 55.3 Å². The van der Waals surface area contributed by atoms with Crippen molar-refractivity contribution < 1.29 is 14.7 Å². The van der Waals surface area contributed by atoms with Crippen molar-refractivity contribution in [2.45, 2.75) is 90.9 Å². The van der Waals surface area contributed by atoms with Crippen molar-refractivity contribution in [3.8, 4) is 0 Å². The predicted molar refractivity (Wildman–Crippen MR) is 130 cm³/mol. The zero-order valence-electron chi connectivity index (χ0n) is 19.4. The number of carbonyl (C=O) groups is 2. The van der Waals surface area contributed by atoms with Gasteiger partial charge < -0.3 is 26.4 Å². The van der Waals surface area contributed by atoms with Gasteiger partial charge in [0.1, 0.15) is 0 Å². The number of aliphatic hydroxyl groups is 1. The van der Waals surface area contributed by atoms with E-state index in [1.54, 1.807) is 0 Å². The standard InChI is InChI=1S/C11H23BrN2O.C11H24N2O2/c1-2-3-6-9-13-11(15)14-10-7-4-5-8-12;1-2-3-5-8-12-11(15)13-9-6-4-7-10-14/h2-10H2,1H3,(H2,13,14,15);14H,2-10H2,1H3,(H2,12,13,15). The van der Waals surface area contributed by atoms with Gasteiger partial charge in [0.25, 0.3) is 0 Å². The summed E-state index contributed by atoms with van der Waals surface area (Å²) in [5.74, 6) is 0. The predicted octanol–water partition coefficient (Wildman–Crippen LogP) is 4.68. The van der Waals surface area contributed by atoms with Gasteiger partial charge in [-0.3, -0.25) is 0 Å². The summed E-state index contributed by atoms with van der Waals surface area (Å²) in [5, 5.41) is 20.9. The molecule has 0 radical (unpaired) electrons. The Kier molecular flexibility index (Phi) is 29.1. The Balaban J connectivity index is 0. The highest BCUT2D eigenvalue weighted by Gasteiger charge is 1.98. The van der Waals surface area contributed by atoms with E-state index in [0.717, 1.165) is 69.9 Å². The first-order valence-corrected chi connectivity index (χ1v) is 12.9. The minimum absolute atomic E-state index is 0.0232. The second kappa shape index (κ2) is 28.0. The van der Waals surface area contributed by atoms with Crippen LogP contribution in [-0.2, 0) is 0 Å². The molecule has 0 aliphatic rings. The third-order valence-electron chi connectivity index (χ3n) is 4.35. The molecule has 0 aliphatic heterocycles. The zero-order chi connectivity index (χ0) is 22.7. The van der Waals surface area contributed by atoms with Crippen LogP contribution in [0.4, 0.5) is 9.59 Å². The van der Waals surface area contributed by atoms with Crippen molar-refractivity contribution >= 4 is 28.0 Å². The molecule has 0 unspecified atom stereocenters. The largest absolute Gasteiger partial charge is 0.396 e. The molecule has 0 saturated heterocycles. The monoisotopic (exact) mass is 494 g/mol. The third-order valence-corrected chi connectivity index (χ3v) is 4.91. The Labute approximate surface area is 193 Å². The first-order valence-electron chi connectivity index (χ1n) is 11.8. The number of alkyl halides is 1. The molecule has 30 heavy (non-hydrogen) atoms. The lowest BCUT2D eigenvalue weighted by atomic mass is 10.2. The minimum atomic E-state index is -0.0740. The van der Waals surface area contributed by atoms with Gasteiger partial charge in [-0.15, -0.1) is 0 Å². The summed E-state index contributed by atoms with van der Waals surface area (Å²) < 4.78 is 0. The number of urea groups is 2. The van der Waals surface area contributed by atoms with Gasteiger partial charge in [-0.05, 0) is 44.9 Å². The van der Waals surface area contributed by atoms with Crippen LogP contribution in [0.25, 0.3) is 0 Å². The van der Waals surface area contributed by atoms with E-state index in [2.05, 4.69) is 51.0 Å². The Bertz CT molecular complexity index is 340. The highest BCUT2D eigenvalue weighted by molar-refractivity contribution is 9.09. The third kappa shape index (κ3) is 29.2. The van der Waals surface area contributed by atoms with Crippen LogP contribution in [0.1, 0.15) is 90.9 Å². The van der Waals surface area contributed by atoms with E-state index in [-0.39, 0.29) is 18.7 Å². The van der Waals surface area contributed by atoms with Gasteiger partial charge in [0.05, 0.1) is 0 Å². The van der Waals surface area contributed by atoms with Gasteiger partial charge in [0, 0.05) is 38.1 Å². The van der Waals surface area contributed by atoms with Crippen molar-refractivity contribution in [3.63, 3.8) is 0 Å². The molecule has 0 saturated carbocycles. The van der Waals surface area contributed by atoms with Crippen molar-refractivity contribution in [1.82, 2.24) is 21.3 Å². The first kappa shape index (κ1) is 31.2. The lowest BCUT2D eigenvalue weighted by Gasteiger charge is -2.06. The average molecular weight is 496 g/mol. The molecule has 0 aliphatic carbocycles. The van der Waals surface area contributed by atoms with E-state index in [0.29, 0.717) is 6.54 Å². The maximum atomic E-state index is 11.2. The second-order valence-corrected chi connectivity index (χ2v) is 8.11. The summed E-state index contributed by atoms with van der Waals surface area (Å²) in [6.07, 6.45) is 13.0. The minimum Gasteiger partial charge on any atom is -0.396 e. The molecule has 5 N–H and O–H groups in total. The number of aliphatic hydroxyl groups excluding tert-OH is 1. The van der Waals surface area contributed by atoms with E-state index in [9.17, 15) is 9.59 Å². The maximum absolute atomic E-state index is 11.2. The van der Waals surface area contributed by atoms with Crippen molar-refractivity contribution in [3.05, 3.63) is 0 Å². The van der Waals surface area contributed by atoms with Gasteiger partial charge in [0.2, 0.25) is 0 Å².